The summed E-state index contributed by atoms with van der Waals surface area (Å²) in [5.41, 5.74) is 1.98. The second-order valence-electron chi connectivity index (χ2n) is 7.66. The second-order valence-corrected chi connectivity index (χ2v) is 7.66. The van der Waals surface area contributed by atoms with Gasteiger partial charge in [0.15, 0.2) is 35.2 Å². The van der Waals surface area contributed by atoms with Crippen molar-refractivity contribution in [3.8, 4) is 17.2 Å². The number of aromatic nitrogens is 5. The van der Waals surface area contributed by atoms with E-state index in [1.165, 1.54) is 18.5 Å². The first-order valence-corrected chi connectivity index (χ1v) is 10.7. The number of halogens is 1. The molecule has 1 saturated heterocycles. The van der Waals surface area contributed by atoms with Crippen LogP contribution >= 0.6 is 0 Å². The molecule has 0 spiro atoms. The zero-order valence-corrected chi connectivity index (χ0v) is 18.5. The van der Waals surface area contributed by atoms with Gasteiger partial charge in [-0.25, -0.2) is 14.4 Å². The van der Waals surface area contributed by atoms with Gasteiger partial charge in [-0.3, -0.25) is 4.79 Å². The molecule has 1 aliphatic heterocycles. The number of carbonyl (C=O) groups excluding carboxylic acids is 1. The number of methoxy groups -OCH3 is 1. The Balaban J connectivity index is 1.26. The van der Waals surface area contributed by atoms with Crippen LogP contribution < -0.4 is 14.4 Å². The summed E-state index contributed by atoms with van der Waals surface area (Å²) in [5.74, 6) is 0.796. The maximum atomic E-state index is 13.7. The minimum absolute atomic E-state index is 0.0674. The highest BCUT2D eigenvalue weighted by atomic mass is 19.1. The lowest BCUT2D eigenvalue weighted by molar-refractivity contribution is -0.133. The van der Waals surface area contributed by atoms with Crippen molar-refractivity contribution in [2.24, 2.45) is 0 Å². The zero-order valence-electron chi connectivity index (χ0n) is 18.5. The minimum atomic E-state index is -0.490. The largest absolute Gasteiger partial charge is 0.497 e. The number of ether oxygens (including phenoxy) is 2. The molecule has 2 aromatic carbocycles. The van der Waals surface area contributed by atoms with Gasteiger partial charge < -0.3 is 19.3 Å². The van der Waals surface area contributed by atoms with Gasteiger partial charge in [0, 0.05) is 26.2 Å². The molecule has 0 aliphatic carbocycles. The number of para-hydroxylation sites is 1. The number of hydrogen-bond donors (Lipinski definition) is 0. The fourth-order valence-corrected chi connectivity index (χ4v) is 3.83. The van der Waals surface area contributed by atoms with Crippen LogP contribution in [-0.2, 0) is 4.79 Å². The molecule has 34 heavy (non-hydrogen) atoms. The summed E-state index contributed by atoms with van der Waals surface area (Å²) in [6.07, 6.45) is 1.49. The van der Waals surface area contributed by atoms with Gasteiger partial charge in [-0.2, -0.15) is 4.68 Å². The Morgan fingerprint density at radius 1 is 1.03 bits per heavy atom. The van der Waals surface area contributed by atoms with E-state index in [9.17, 15) is 9.18 Å². The average Bonchev–Trinajstić information content (AvgIpc) is 3.32. The van der Waals surface area contributed by atoms with E-state index in [0.29, 0.717) is 43.2 Å². The quantitative estimate of drug-likeness (QED) is 0.429. The number of nitrogens with zero attached hydrogens (tertiary/aromatic N) is 7. The lowest BCUT2D eigenvalue weighted by Gasteiger charge is -2.35. The monoisotopic (exact) mass is 463 g/mol. The van der Waals surface area contributed by atoms with E-state index in [-0.39, 0.29) is 18.3 Å². The molecule has 10 nitrogen and oxygen atoms in total. The van der Waals surface area contributed by atoms with Crippen LogP contribution in [0.4, 0.5) is 10.2 Å². The molecule has 1 fully saturated rings. The van der Waals surface area contributed by atoms with Crippen molar-refractivity contribution >= 4 is 22.9 Å². The number of fused-ring (bicyclic) bond motifs is 1. The fourth-order valence-electron chi connectivity index (χ4n) is 3.83. The summed E-state index contributed by atoms with van der Waals surface area (Å²) in [6.45, 7) is 1.88. The molecule has 1 aliphatic rings. The van der Waals surface area contributed by atoms with Crippen LogP contribution in [0.15, 0.2) is 54.9 Å². The van der Waals surface area contributed by atoms with E-state index in [2.05, 4.69) is 25.2 Å². The van der Waals surface area contributed by atoms with Crippen molar-refractivity contribution in [2.45, 2.75) is 0 Å². The predicted molar refractivity (Wildman–Crippen MR) is 122 cm³/mol. The van der Waals surface area contributed by atoms with Crippen LogP contribution in [0.25, 0.3) is 16.9 Å². The molecular formula is C23H22FN7O3. The lowest BCUT2D eigenvalue weighted by atomic mass is 10.3. The molecule has 0 unspecified atom stereocenters. The molecular weight excluding hydrogens is 441 g/mol. The molecule has 11 heteroatoms. The van der Waals surface area contributed by atoms with Gasteiger partial charge in [0.1, 0.15) is 12.1 Å². The zero-order chi connectivity index (χ0) is 23.5. The molecule has 0 bridgehead atoms. The molecule has 0 radical (unpaired) electrons. The summed E-state index contributed by atoms with van der Waals surface area (Å²) in [7, 11) is 1.61. The molecule has 174 valence electrons. The molecule has 0 saturated carbocycles. The topological polar surface area (TPSA) is 98.5 Å². The lowest BCUT2D eigenvalue weighted by Crippen LogP contribution is -2.50. The van der Waals surface area contributed by atoms with Crippen LogP contribution in [0, 0.1) is 5.82 Å². The third-order valence-electron chi connectivity index (χ3n) is 5.66. The number of piperazine rings is 1. The Hall–Kier alpha value is -4.28. The summed E-state index contributed by atoms with van der Waals surface area (Å²) >= 11 is 0. The number of benzene rings is 2. The van der Waals surface area contributed by atoms with E-state index in [1.54, 1.807) is 28.8 Å². The van der Waals surface area contributed by atoms with Crippen molar-refractivity contribution in [3.63, 3.8) is 0 Å². The van der Waals surface area contributed by atoms with Crippen LogP contribution in [-0.4, -0.2) is 75.7 Å². The summed E-state index contributed by atoms with van der Waals surface area (Å²) in [6, 6.07) is 13.5. The Morgan fingerprint density at radius 3 is 2.53 bits per heavy atom. The van der Waals surface area contributed by atoms with E-state index in [0.717, 1.165) is 11.4 Å². The van der Waals surface area contributed by atoms with Gasteiger partial charge in [-0.05, 0) is 36.4 Å². The van der Waals surface area contributed by atoms with Crippen LogP contribution in [0.1, 0.15) is 0 Å². The molecule has 5 rings (SSSR count). The first-order chi connectivity index (χ1) is 16.6. The first-order valence-electron chi connectivity index (χ1n) is 10.7. The predicted octanol–water partition coefficient (Wildman–Crippen LogP) is 2.09. The van der Waals surface area contributed by atoms with E-state index >= 15 is 0 Å². The number of carbonyl (C=O) groups is 1. The van der Waals surface area contributed by atoms with Crippen molar-refractivity contribution in [2.75, 3.05) is 44.8 Å². The van der Waals surface area contributed by atoms with Gasteiger partial charge in [0.05, 0.1) is 12.8 Å². The second kappa shape index (κ2) is 9.30. The molecule has 3 heterocycles. The number of amides is 1. The highest BCUT2D eigenvalue weighted by Gasteiger charge is 2.25. The van der Waals surface area contributed by atoms with Crippen molar-refractivity contribution < 1.29 is 18.7 Å². The molecule has 2 aromatic heterocycles. The molecule has 0 atom stereocenters. The standard InChI is InChI=1S/C23H22FN7O3/c1-33-17-8-6-16(7-9-17)31-23-21(27-28-31)22(25-15-26-23)30-12-10-29(11-13-30)20(32)14-34-19-5-3-2-4-18(19)24/h2-9,15H,10-14H2,1H3. The van der Waals surface area contributed by atoms with Crippen molar-refractivity contribution in [1.29, 1.82) is 0 Å². The van der Waals surface area contributed by atoms with Crippen LogP contribution in [0.2, 0.25) is 0 Å². The van der Waals surface area contributed by atoms with Gasteiger partial charge in [-0.1, -0.05) is 17.3 Å². The van der Waals surface area contributed by atoms with E-state index < -0.39 is 5.82 Å². The summed E-state index contributed by atoms with van der Waals surface area (Å²) in [5, 5.41) is 8.58. The Labute approximate surface area is 194 Å². The normalized spacial score (nSPS) is 13.8. The highest BCUT2D eigenvalue weighted by Crippen LogP contribution is 2.24. The van der Waals surface area contributed by atoms with E-state index in [1.807, 2.05) is 24.3 Å². The fraction of sp³-hybridized carbons (Fsp3) is 0.261. The number of rotatable bonds is 6. The number of hydrogen-bond acceptors (Lipinski definition) is 8. The molecule has 4 aromatic rings. The average molecular weight is 463 g/mol. The number of anilines is 1. The highest BCUT2D eigenvalue weighted by molar-refractivity contribution is 5.84. The SMILES string of the molecule is COc1ccc(-n2nnc3c(N4CCN(C(=O)COc5ccccc5F)CC4)ncnc32)cc1. The van der Waals surface area contributed by atoms with Gasteiger partial charge in [0.25, 0.3) is 5.91 Å². The Bertz CT molecular complexity index is 1300. The Kier molecular flexibility index (Phi) is 5.90. The first kappa shape index (κ1) is 21.6. The maximum absolute atomic E-state index is 13.7. The van der Waals surface area contributed by atoms with E-state index in [4.69, 9.17) is 9.47 Å². The third-order valence-corrected chi connectivity index (χ3v) is 5.66. The summed E-state index contributed by atoms with van der Waals surface area (Å²) in [4.78, 5) is 25.1. The van der Waals surface area contributed by atoms with Gasteiger partial charge >= 0.3 is 0 Å². The minimum Gasteiger partial charge on any atom is -0.497 e. The van der Waals surface area contributed by atoms with Gasteiger partial charge in [0.2, 0.25) is 0 Å². The van der Waals surface area contributed by atoms with Crippen molar-refractivity contribution in [3.05, 3.63) is 60.7 Å². The van der Waals surface area contributed by atoms with Crippen LogP contribution in [0.3, 0.4) is 0 Å². The van der Waals surface area contributed by atoms with Crippen molar-refractivity contribution in [1.82, 2.24) is 29.9 Å². The van der Waals surface area contributed by atoms with Crippen LogP contribution in [0.5, 0.6) is 11.5 Å². The maximum Gasteiger partial charge on any atom is 0.260 e. The Morgan fingerprint density at radius 2 is 1.79 bits per heavy atom. The third kappa shape index (κ3) is 4.19. The molecule has 1 amide bonds. The van der Waals surface area contributed by atoms with Gasteiger partial charge in [-0.15, -0.1) is 5.10 Å². The smallest absolute Gasteiger partial charge is 0.260 e. The molecule has 0 N–H and O–H groups in total. The summed E-state index contributed by atoms with van der Waals surface area (Å²) < 4.78 is 25.9.